The number of carbonyl (C=O) groups is 1. The molecule has 0 amide bonds. The predicted octanol–water partition coefficient (Wildman–Crippen LogP) is 6.91. The van der Waals surface area contributed by atoms with Gasteiger partial charge < -0.3 is 4.42 Å². The minimum absolute atomic E-state index is 0.0793. The van der Waals surface area contributed by atoms with E-state index >= 15 is 0 Å². The molecule has 3 nitrogen and oxygen atoms in total. The average Bonchev–Trinajstić information content (AvgIpc) is 2.66. The third-order valence-electron chi connectivity index (χ3n) is 5.78. The van der Waals surface area contributed by atoms with E-state index in [-0.39, 0.29) is 16.2 Å². The second-order valence-electron chi connectivity index (χ2n) is 8.88. The van der Waals surface area contributed by atoms with Gasteiger partial charge in [0.1, 0.15) is 5.58 Å². The van der Waals surface area contributed by atoms with Crippen molar-refractivity contribution in [2.45, 2.75) is 51.9 Å². The molecule has 154 valence electrons. The van der Waals surface area contributed by atoms with Crippen LogP contribution in [0, 0.1) is 5.41 Å². The van der Waals surface area contributed by atoms with Crippen molar-refractivity contribution in [2.75, 3.05) is 0 Å². The van der Waals surface area contributed by atoms with Gasteiger partial charge >= 0.3 is 5.63 Å². The van der Waals surface area contributed by atoms with Crippen molar-refractivity contribution in [3.63, 3.8) is 0 Å². The van der Waals surface area contributed by atoms with E-state index in [9.17, 15) is 9.59 Å². The first kappa shape index (κ1) is 20.7. The molecule has 0 saturated heterocycles. The second-order valence-corrected chi connectivity index (χ2v) is 9.90. The molecule has 2 aromatic carbocycles. The minimum atomic E-state index is -0.325. The van der Waals surface area contributed by atoms with Crippen molar-refractivity contribution in [1.82, 2.24) is 0 Å². The number of rotatable bonds is 2. The fraction of sp³-hybridized carbons (Fsp3) is 0.308. The lowest BCUT2D eigenvalue weighted by Crippen LogP contribution is -2.13. The lowest BCUT2D eigenvalue weighted by atomic mass is 9.79. The molecule has 0 fully saturated rings. The van der Waals surface area contributed by atoms with Crippen LogP contribution in [-0.4, -0.2) is 5.12 Å². The van der Waals surface area contributed by atoms with Crippen molar-refractivity contribution in [2.24, 2.45) is 5.41 Å². The van der Waals surface area contributed by atoms with Gasteiger partial charge in [-0.1, -0.05) is 44.7 Å². The highest BCUT2D eigenvalue weighted by molar-refractivity contribution is 8.14. The van der Waals surface area contributed by atoms with Crippen molar-refractivity contribution in [1.29, 1.82) is 0 Å². The fourth-order valence-corrected chi connectivity index (χ4v) is 5.31. The summed E-state index contributed by atoms with van der Waals surface area (Å²) in [5, 5.41) is 2.17. The molecule has 4 rings (SSSR count). The Morgan fingerprint density at radius 1 is 1.17 bits per heavy atom. The number of aryl methyl sites for hydroxylation is 1. The molecule has 1 heterocycles. The van der Waals surface area contributed by atoms with Crippen LogP contribution in [0.1, 0.15) is 51.7 Å². The highest BCUT2D eigenvalue weighted by Crippen LogP contribution is 2.40. The number of fused-ring (bicyclic) bond motifs is 5. The molecule has 0 bridgehead atoms. The van der Waals surface area contributed by atoms with Crippen LogP contribution in [0.4, 0.5) is 0 Å². The number of hydrogen-bond acceptors (Lipinski definition) is 4. The Kier molecular flexibility index (Phi) is 5.23. The Hall–Kier alpha value is -2.59. The summed E-state index contributed by atoms with van der Waals surface area (Å²) < 4.78 is 5.77. The zero-order valence-electron chi connectivity index (χ0n) is 17.9. The van der Waals surface area contributed by atoms with Crippen LogP contribution >= 0.6 is 11.8 Å². The van der Waals surface area contributed by atoms with Crippen LogP contribution in [0.15, 0.2) is 62.7 Å². The van der Waals surface area contributed by atoms with Crippen LogP contribution in [-0.2, 0) is 11.2 Å². The molecule has 3 aromatic rings. The van der Waals surface area contributed by atoms with Gasteiger partial charge in [-0.05, 0) is 84.7 Å². The van der Waals surface area contributed by atoms with Crippen LogP contribution < -0.4 is 5.63 Å². The van der Waals surface area contributed by atoms with E-state index in [1.807, 2.05) is 18.2 Å². The standard InChI is InChI=1S/C26H26O3S/c1-15(2)25(28)30-20-10-6-9-19-22(20)18-12-11-17-8-7-13-26(4,5)14-16(3)21(17)23(18)24(27)29-19/h6,9-12,14H,1,7-8,13H2,2-5H3/b16-14-. The van der Waals surface area contributed by atoms with Gasteiger partial charge in [0.2, 0.25) is 5.12 Å². The maximum atomic E-state index is 13.1. The van der Waals surface area contributed by atoms with E-state index in [1.165, 1.54) is 5.56 Å². The van der Waals surface area contributed by atoms with Gasteiger partial charge in [-0.15, -0.1) is 0 Å². The van der Waals surface area contributed by atoms with Gasteiger partial charge in [-0.2, -0.15) is 0 Å². The first-order chi connectivity index (χ1) is 14.2. The summed E-state index contributed by atoms with van der Waals surface area (Å²) in [4.78, 5) is 26.3. The second kappa shape index (κ2) is 7.59. The van der Waals surface area contributed by atoms with Crippen LogP contribution in [0.2, 0.25) is 0 Å². The Morgan fingerprint density at radius 3 is 2.67 bits per heavy atom. The Balaban J connectivity index is 2.09. The third kappa shape index (κ3) is 3.65. The molecule has 30 heavy (non-hydrogen) atoms. The van der Waals surface area contributed by atoms with Gasteiger partial charge in [0, 0.05) is 15.7 Å². The minimum Gasteiger partial charge on any atom is -0.422 e. The van der Waals surface area contributed by atoms with E-state index in [4.69, 9.17) is 4.42 Å². The molecular weight excluding hydrogens is 392 g/mol. The quantitative estimate of drug-likeness (QED) is 0.196. The van der Waals surface area contributed by atoms with Crippen LogP contribution in [0.25, 0.3) is 27.3 Å². The zero-order chi connectivity index (χ0) is 21.6. The van der Waals surface area contributed by atoms with E-state index in [2.05, 4.69) is 39.5 Å². The molecule has 0 spiro atoms. The summed E-state index contributed by atoms with van der Waals surface area (Å²) in [6.07, 6.45) is 5.39. The first-order valence-electron chi connectivity index (χ1n) is 10.3. The molecule has 1 aliphatic carbocycles. The molecule has 1 aromatic heterocycles. The highest BCUT2D eigenvalue weighted by Gasteiger charge is 2.23. The third-order valence-corrected chi connectivity index (χ3v) is 6.87. The summed E-state index contributed by atoms with van der Waals surface area (Å²) in [6.45, 7) is 12.0. The topological polar surface area (TPSA) is 47.3 Å². The fourth-order valence-electron chi connectivity index (χ4n) is 4.47. The van der Waals surface area contributed by atoms with Crippen molar-refractivity contribution in [3.05, 3.63) is 70.1 Å². The molecule has 0 atom stereocenters. The molecule has 0 aliphatic heterocycles. The van der Waals surface area contributed by atoms with Crippen molar-refractivity contribution >= 4 is 44.2 Å². The molecule has 4 heteroatoms. The zero-order valence-corrected chi connectivity index (χ0v) is 18.7. The van der Waals surface area contributed by atoms with Crippen LogP contribution in [0.5, 0.6) is 0 Å². The van der Waals surface area contributed by atoms with E-state index in [0.29, 0.717) is 16.5 Å². The van der Waals surface area contributed by atoms with E-state index < -0.39 is 0 Å². The lowest BCUT2D eigenvalue weighted by Gasteiger charge is -2.26. The summed E-state index contributed by atoms with van der Waals surface area (Å²) in [5.74, 6) is 0. The number of carbonyl (C=O) groups excluding carboxylic acids is 1. The molecule has 0 radical (unpaired) electrons. The number of benzene rings is 2. The number of allylic oxidation sites excluding steroid dienone is 2. The molecule has 0 saturated carbocycles. The van der Waals surface area contributed by atoms with Crippen molar-refractivity contribution in [3.8, 4) is 0 Å². The smallest absolute Gasteiger partial charge is 0.344 e. The van der Waals surface area contributed by atoms with Gasteiger partial charge in [-0.3, -0.25) is 4.79 Å². The van der Waals surface area contributed by atoms with E-state index in [0.717, 1.165) is 57.8 Å². The highest BCUT2D eigenvalue weighted by atomic mass is 32.2. The Bertz CT molecular complexity index is 1290. The Labute approximate surface area is 180 Å². The van der Waals surface area contributed by atoms with Gasteiger partial charge in [0.25, 0.3) is 0 Å². The van der Waals surface area contributed by atoms with Gasteiger partial charge in [0.05, 0.1) is 5.39 Å². The number of hydrogen-bond donors (Lipinski definition) is 0. The summed E-state index contributed by atoms with van der Waals surface area (Å²) in [5.41, 5.74) is 4.02. The largest absolute Gasteiger partial charge is 0.422 e. The monoisotopic (exact) mass is 418 g/mol. The number of thioether (sulfide) groups is 1. The summed E-state index contributed by atoms with van der Waals surface area (Å²) >= 11 is 1.13. The van der Waals surface area contributed by atoms with Gasteiger partial charge in [0.15, 0.2) is 0 Å². The normalized spacial score (nSPS) is 17.7. The maximum absolute atomic E-state index is 13.1. The van der Waals surface area contributed by atoms with E-state index in [1.54, 1.807) is 13.0 Å². The summed E-state index contributed by atoms with van der Waals surface area (Å²) in [7, 11) is 0. The predicted molar refractivity (Wildman–Crippen MR) is 126 cm³/mol. The lowest BCUT2D eigenvalue weighted by molar-refractivity contribution is -0.107. The average molecular weight is 419 g/mol. The first-order valence-corrected chi connectivity index (χ1v) is 11.1. The van der Waals surface area contributed by atoms with Gasteiger partial charge in [-0.25, -0.2) is 4.79 Å². The summed E-state index contributed by atoms with van der Waals surface area (Å²) in [6, 6.07) is 9.65. The maximum Gasteiger partial charge on any atom is 0.344 e. The Morgan fingerprint density at radius 2 is 1.93 bits per heavy atom. The molecular formula is C26H26O3S. The van der Waals surface area contributed by atoms with Crippen molar-refractivity contribution < 1.29 is 9.21 Å². The van der Waals surface area contributed by atoms with Crippen LogP contribution in [0.3, 0.4) is 0 Å². The molecule has 0 N–H and O–H groups in total. The molecule has 0 unspecified atom stereocenters. The SMILES string of the molecule is C=C(C)C(=O)Sc1cccc2oc(=O)c3c4c(ccc3c12)CCCC(C)(C)/C=C\4C. The molecule has 1 aliphatic rings.